The number of halogens is 1. The fraction of sp³-hybridized carbons (Fsp3) is 0.0909. The minimum absolute atomic E-state index is 0.122. The van der Waals surface area contributed by atoms with E-state index in [-0.39, 0.29) is 10.8 Å². The lowest BCUT2D eigenvalue weighted by Gasteiger charge is -2.09. The summed E-state index contributed by atoms with van der Waals surface area (Å²) in [7, 11) is -3.75. The maximum atomic E-state index is 12.4. The average Bonchev–Trinajstić information content (AvgIpc) is 2.73. The van der Waals surface area contributed by atoms with E-state index in [4.69, 9.17) is 0 Å². The fourth-order valence-electron chi connectivity index (χ4n) is 2.68. The smallest absolute Gasteiger partial charge is 0.276 e. The van der Waals surface area contributed by atoms with Gasteiger partial charge in [0.2, 0.25) is 0 Å². The predicted octanol–water partition coefficient (Wildman–Crippen LogP) is 4.71. The Morgan fingerprint density at radius 1 is 0.933 bits per heavy atom. The number of carbonyl (C=O) groups is 1. The van der Waals surface area contributed by atoms with Gasteiger partial charge in [0, 0.05) is 15.7 Å². The Labute approximate surface area is 184 Å². The highest BCUT2D eigenvalue weighted by Crippen LogP contribution is 2.16. The summed E-state index contributed by atoms with van der Waals surface area (Å²) >= 11 is 3.27. The number of benzene rings is 3. The number of nitrogens with zero attached hydrogens (tertiary/aromatic N) is 1. The molecule has 0 aliphatic rings. The summed E-state index contributed by atoms with van der Waals surface area (Å²) in [4.78, 5) is 14.8. The maximum absolute atomic E-state index is 12.4. The van der Waals surface area contributed by atoms with Crippen molar-refractivity contribution in [3.63, 3.8) is 0 Å². The van der Waals surface area contributed by atoms with Crippen LogP contribution in [0.15, 0.2) is 87.3 Å². The highest BCUT2D eigenvalue weighted by molar-refractivity contribution is 9.10. The summed E-state index contributed by atoms with van der Waals surface area (Å²) in [6, 6.07) is 20.6. The van der Waals surface area contributed by atoms with Crippen molar-refractivity contribution in [3.05, 3.63) is 94.0 Å². The molecule has 0 spiro atoms. The summed E-state index contributed by atoms with van der Waals surface area (Å²) < 4.78 is 25.5. The summed E-state index contributed by atoms with van der Waals surface area (Å²) in [5.41, 5.74) is 3.36. The molecule has 0 aliphatic carbocycles. The number of sulfonamides is 1. The molecule has 0 heterocycles. The number of carbonyl (C=O) groups excluding carboxylic acids is 1. The molecule has 3 aromatic rings. The molecule has 0 atom stereocenters. The third-order valence-electron chi connectivity index (χ3n) is 4.41. The van der Waals surface area contributed by atoms with E-state index in [0.29, 0.717) is 17.0 Å². The van der Waals surface area contributed by atoms with Crippen LogP contribution in [0.5, 0.6) is 0 Å². The Morgan fingerprint density at radius 2 is 1.57 bits per heavy atom. The van der Waals surface area contributed by atoms with E-state index >= 15 is 0 Å². The number of rotatable bonds is 6. The summed E-state index contributed by atoms with van der Waals surface area (Å²) in [6.45, 7) is 3.58. The van der Waals surface area contributed by atoms with Crippen LogP contribution in [-0.2, 0) is 10.0 Å². The summed E-state index contributed by atoms with van der Waals surface area (Å²) in [6.07, 6.45) is 0. The van der Waals surface area contributed by atoms with Crippen LogP contribution in [0.3, 0.4) is 0 Å². The SMILES string of the molecule is C/C(=N\NS(=O)(=O)c1ccc(Br)cc1)c1ccc(NC(=O)c2ccccc2C)cc1. The molecule has 6 nitrogen and oxygen atoms in total. The zero-order valence-corrected chi connectivity index (χ0v) is 18.8. The van der Waals surface area contributed by atoms with Gasteiger partial charge in [0.05, 0.1) is 10.6 Å². The van der Waals surface area contributed by atoms with Crippen LogP contribution < -0.4 is 10.1 Å². The number of hydrazone groups is 1. The number of amides is 1. The maximum Gasteiger partial charge on any atom is 0.276 e. The monoisotopic (exact) mass is 485 g/mol. The second-order valence-corrected chi connectivity index (χ2v) is 9.17. The molecule has 30 heavy (non-hydrogen) atoms. The second kappa shape index (κ2) is 9.23. The number of hydrogen-bond donors (Lipinski definition) is 2. The lowest BCUT2D eigenvalue weighted by molar-refractivity contribution is 0.102. The quantitative estimate of drug-likeness (QED) is 0.391. The highest BCUT2D eigenvalue weighted by atomic mass is 79.9. The van der Waals surface area contributed by atoms with Gasteiger partial charge in [-0.1, -0.05) is 46.3 Å². The molecular formula is C22H20BrN3O3S. The van der Waals surface area contributed by atoms with Gasteiger partial charge in [-0.2, -0.15) is 18.4 Å². The van der Waals surface area contributed by atoms with Crippen molar-refractivity contribution in [1.82, 2.24) is 4.83 Å². The van der Waals surface area contributed by atoms with Crippen molar-refractivity contribution in [1.29, 1.82) is 0 Å². The van der Waals surface area contributed by atoms with E-state index in [1.807, 2.05) is 25.1 Å². The van der Waals surface area contributed by atoms with Crippen molar-refractivity contribution < 1.29 is 13.2 Å². The lowest BCUT2D eigenvalue weighted by Crippen LogP contribution is -2.20. The van der Waals surface area contributed by atoms with E-state index in [2.05, 4.69) is 31.2 Å². The van der Waals surface area contributed by atoms with Crippen LogP contribution >= 0.6 is 15.9 Å². The second-order valence-electron chi connectivity index (χ2n) is 6.59. The van der Waals surface area contributed by atoms with Crippen LogP contribution in [0.2, 0.25) is 0 Å². The first kappa shape index (κ1) is 21.7. The van der Waals surface area contributed by atoms with Crippen LogP contribution in [0, 0.1) is 6.92 Å². The molecule has 154 valence electrons. The molecule has 3 rings (SSSR count). The first-order valence-corrected chi connectivity index (χ1v) is 11.3. The van der Waals surface area contributed by atoms with Gasteiger partial charge < -0.3 is 5.32 Å². The molecule has 8 heteroatoms. The van der Waals surface area contributed by atoms with Gasteiger partial charge >= 0.3 is 0 Å². The largest absolute Gasteiger partial charge is 0.322 e. The van der Waals surface area contributed by atoms with Crippen molar-refractivity contribution in [3.8, 4) is 0 Å². The molecular weight excluding hydrogens is 466 g/mol. The molecule has 0 fully saturated rings. The Morgan fingerprint density at radius 3 is 2.20 bits per heavy atom. The molecule has 2 N–H and O–H groups in total. The fourth-order valence-corrected chi connectivity index (χ4v) is 3.80. The molecule has 0 radical (unpaired) electrons. The first-order valence-electron chi connectivity index (χ1n) is 9.05. The lowest BCUT2D eigenvalue weighted by atomic mass is 10.1. The van der Waals surface area contributed by atoms with Crippen molar-refractivity contribution in [2.24, 2.45) is 5.10 Å². The molecule has 1 amide bonds. The van der Waals surface area contributed by atoms with Crippen LogP contribution in [0.1, 0.15) is 28.4 Å². The predicted molar refractivity (Wildman–Crippen MR) is 122 cm³/mol. The average molecular weight is 486 g/mol. The van der Waals surface area contributed by atoms with Crippen molar-refractivity contribution >= 4 is 43.3 Å². The highest BCUT2D eigenvalue weighted by Gasteiger charge is 2.13. The van der Waals surface area contributed by atoms with Gasteiger partial charge in [0.1, 0.15) is 0 Å². The third-order valence-corrected chi connectivity index (χ3v) is 6.16. The number of aryl methyl sites for hydroxylation is 1. The standard InChI is InChI=1S/C22H20BrN3O3S/c1-15-5-3-4-6-21(15)22(27)24-19-11-7-17(8-12-19)16(2)25-26-30(28,29)20-13-9-18(23)10-14-20/h3-14,26H,1-2H3,(H,24,27)/b25-16+. The Kier molecular flexibility index (Phi) is 6.69. The molecule has 0 aromatic heterocycles. The van der Waals surface area contributed by atoms with E-state index in [9.17, 15) is 13.2 Å². The molecule has 0 unspecified atom stereocenters. The van der Waals surface area contributed by atoms with E-state index in [0.717, 1.165) is 15.6 Å². The van der Waals surface area contributed by atoms with Gasteiger partial charge in [0.25, 0.3) is 15.9 Å². The zero-order valence-electron chi connectivity index (χ0n) is 16.4. The van der Waals surface area contributed by atoms with Gasteiger partial charge in [-0.15, -0.1) is 0 Å². The zero-order chi connectivity index (χ0) is 21.7. The molecule has 0 saturated heterocycles. The Balaban J connectivity index is 1.68. The number of nitrogens with one attached hydrogen (secondary N) is 2. The van der Waals surface area contributed by atoms with E-state index in [1.54, 1.807) is 49.4 Å². The minimum Gasteiger partial charge on any atom is -0.322 e. The Bertz CT molecular complexity index is 1190. The van der Waals surface area contributed by atoms with E-state index < -0.39 is 10.0 Å². The van der Waals surface area contributed by atoms with E-state index in [1.165, 1.54) is 12.1 Å². The molecule has 0 saturated carbocycles. The topological polar surface area (TPSA) is 87.6 Å². The first-order chi connectivity index (χ1) is 14.3. The van der Waals surface area contributed by atoms with Gasteiger partial charge in [-0.3, -0.25) is 4.79 Å². The Hall–Kier alpha value is -2.97. The van der Waals surface area contributed by atoms with Gasteiger partial charge in [-0.05, 0) is 67.4 Å². The molecule has 0 bridgehead atoms. The summed E-state index contributed by atoms with van der Waals surface area (Å²) in [5.74, 6) is -0.187. The molecule has 0 aliphatic heterocycles. The van der Waals surface area contributed by atoms with Crippen LogP contribution in [-0.4, -0.2) is 20.0 Å². The third kappa shape index (κ3) is 5.34. The normalized spacial score (nSPS) is 11.8. The van der Waals surface area contributed by atoms with Crippen LogP contribution in [0.4, 0.5) is 5.69 Å². The van der Waals surface area contributed by atoms with Crippen molar-refractivity contribution in [2.45, 2.75) is 18.7 Å². The van der Waals surface area contributed by atoms with Gasteiger partial charge in [-0.25, -0.2) is 0 Å². The van der Waals surface area contributed by atoms with Gasteiger partial charge in [0.15, 0.2) is 0 Å². The number of hydrogen-bond acceptors (Lipinski definition) is 4. The van der Waals surface area contributed by atoms with Crippen LogP contribution in [0.25, 0.3) is 0 Å². The summed E-state index contributed by atoms with van der Waals surface area (Å²) in [5, 5.41) is 6.85. The minimum atomic E-state index is -3.75. The van der Waals surface area contributed by atoms with Crippen molar-refractivity contribution in [2.75, 3.05) is 5.32 Å². The number of anilines is 1. The molecule has 3 aromatic carbocycles.